The summed E-state index contributed by atoms with van der Waals surface area (Å²) in [4.78, 5) is 35.8. The standard InChI is InChI=1S/C11H11N3O4S/c15-9(16)5-14-3-1-2-8(14)10(17)12-4-7-6-19-11(18)13-7/h1-3,6H,4-5H2,(H,12,17)(H,13,18)(H,15,16). The minimum Gasteiger partial charge on any atom is -0.480 e. The highest BCUT2D eigenvalue weighted by atomic mass is 32.1. The lowest BCUT2D eigenvalue weighted by atomic mass is 10.3. The second-order valence-corrected chi connectivity index (χ2v) is 4.61. The fourth-order valence-electron chi connectivity index (χ4n) is 1.57. The van der Waals surface area contributed by atoms with Crippen molar-refractivity contribution in [3.8, 4) is 0 Å². The third kappa shape index (κ3) is 3.32. The molecule has 0 unspecified atom stereocenters. The number of nitrogens with zero attached hydrogens (tertiary/aromatic N) is 1. The smallest absolute Gasteiger partial charge is 0.323 e. The van der Waals surface area contributed by atoms with Gasteiger partial charge in [-0.25, -0.2) is 0 Å². The van der Waals surface area contributed by atoms with Gasteiger partial charge in [0.15, 0.2) is 0 Å². The fraction of sp³-hybridized carbons (Fsp3) is 0.182. The Morgan fingerprint density at radius 1 is 1.47 bits per heavy atom. The Morgan fingerprint density at radius 3 is 2.89 bits per heavy atom. The van der Waals surface area contributed by atoms with Crippen LogP contribution in [0.3, 0.4) is 0 Å². The van der Waals surface area contributed by atoms with Gasteiger partial charge in [-0.3, -0.25) is 14.4 Å². The van der Waals surface area contributed by atoms with Crippen molar-refractivity contribution in [2.24, 2.45) is 0 Å². The van der Waals surface area contributed by atoms with Crippen LogP contribution in [-0.4, -0.2) is 26.5 Å². The molecule has 0 bridgehead atoms. The molecule has 0 saturated carbocycles. The van der Waals surface area contributed by atoms with Crippen molar-refractivity contribution in [1.82, 2.24) is 14.9 Å². The van der Waals surface area contributed by atoms with E-state index in [1.807, 2.05) is 0 Å². The van der Waals surface area contributed by atoms with Gasteiger partial charge in [-0.2, -0.15) is 0 Å². The number of nitrogens with one attached hydrogen (secondary N) is 2. The molecule has 0 radical (unpaired) electrons. The Balaban J connectivity index is 2.02. The van der Waals surface area contributed by atoms with Gasteiger partial charge in [0.1, 0.15) is 12.2 Å². The van der Waals surface area contributed by atoms with Gasteiger partial charge in [0.2, 0.25) is 0 Å². The van der Waals surface area contributed by atoms with E-state index >= 15 is 0 Å². The molecule has 2 aromatic heterocycles. The normalized spacial score (nSPS) is 10.3. The molecule has 100 valence electrons. The minimum atomic E-state index is -1.02. The van der Waals surface area contributed by atoms with Gasteiger partial charge in [0.05, 0.1) is 6.54 Å². The van der Waals surface area contributed by atoms with Gasteiger partial charge in [0, 0.05) is 17.3 Å². The van der Waals surface area contributed by atoms with Crippen molar-refractivity contribution in [2.75, 3.05) is 0 Å². The Kier molecular flexibility index (Phi) is 3.81. The first-order chi connectivity index (χ1) is 9.06. The predicted octanol–water partition coefficient (Wildman–Crippen LogP) is 0.253. The van der Waals surface area contributed by atoms with Crippen LogP contribution in [0.2, 0.25) is 0 Å². The SMILES string of the molecule is O=C(O)Cn1cccc1C(=O)NCc1csc(=O)[nH]1. The van der Waals surface area contributed by atoms with E-state index in [-0.39, 0.29) is 23.7 Å². The highest BCUT2D eigenvalue weighted by Gasteiger charge is 2.12. The molecule has 7 nitrogen and oxygen atoms in total. The number of carboxylic acid groups (broad SMARTS) is 1. The number of amides is 1. The fourth-order valence-corrected chi connectivity index (χ4v) is 2.15. The Bertz CT molecular complexity index is 655. The van der Waals surface area contributed by atoms with Crippen LogP contribution in [0.15, 0.2) is 28.5 Å². The van der Waals surface area contributed by atoms with E-state index in [4.69, 9.17) is 5.11 Å². The first-order valence-corrected chi connectivity index (χ1v) is 6.26. The molecular weight excluding hydrogens is 270 g/mol. The molecule has 2 aromatic rings. The summed E-state index contributed by atoms with van der Waals surface area (Å²) in [5.41, 5.74) is 0.875. The number of aromatic nitrogens is 2. The summed E-state index contributed by atoms with van der Waals surface area (Å²) in [5.74, 6) is -1.41. The predicted molar refractivity (Wildman–Crippen MR) is 68.2 cm³/mol. The Labute approximate surface area is 111 Å². The third-order valence-electron chi connectivity index (χ3n) is 2.38. The monoisotopic (exact) mass is 281 g/mol. The zero-order valence-electron chi connectivity index (χ0n) is 9.75. The molecule has 0 aliphatic carbocycles. The molecule has 0 aliphatic heterocycles. The van der Waals surface area contributed by atoms with Crippen LogP contribution in [0, 0.1) is 0 Å². The summed E-state index contributed by atoms with van der Waals surface area (Å²) in [6.07, 6.45) is 1.52. The lowest BCUT2D eigenvalue weighted by Crippen LogP contribution is -2.26. The summed E-state index contributed by atoms with van der Waals surface area (Å²) >= 11 is 1.02. The number of hydrogen-bond donors (Lipinski definition) is 3. The molecule has 2 heterocycles. The average molecular weight is 281 g/mol. The number of aliphatic carboxylic acids is 1. The molecule has 8 heteroatoms. The number of rotatable bonds is 5. The van der Waals surface area contributed by atoms with E-state index < -0.39 is 11.9 Å². The number of thiazole rings is 1. The lowest BCUT2D eigenvalue weighted by Gasteiger charge is -2.07. The van der Waals surface area contributed by atoms with E-state index in [0.717, 1.165) is 11.3 Å². The highest BCUT2D eigenvalue weighted by molar-refractivity contribution is 7.07. The van der Waals surface area contributed by atoms with E-state index in [1.165, 1.54) is 16.8 Å². The number of aromatic amines is 1. The van der Waals surface area contributed by atoms with Crippen molar-refractivity contribution in [3.05, 3.63) is 44.8 Å². The minimum absolute atomic E-state index is 0.182. The van der Waals surface area contributed by atoms with Crippen molar-refractivity contribution in [2.45, 2.75) is 13.1 Å². The summed E-state index contributed by atoms with van der Waals surface area (Å²) < 4.78 is 1.34. The molecule has 3 N–H and O–H groups in total. The van der Waals surface area contributed by atoms with Crippen LogP contribution >= 0.6 is 11.3 Å². The van der Waals surface area contributed by atoms with Gasteiger partial charge < -0.3 is 20.0 Å². The zero-order valence-corrected chi connectivity index (χ0v) is 10.6. The number of carbonyl (C=O) groups is 2. The van der Waals surface area contributed by atoms with E-state index in [2.05, 4.69) is 10.3 Å². The molecule has 0 spiro atoms. The Morgan fingerprint density at radius 2 is 2.26 bits per heavy atom. The third-order valence-corrected chi connectivity index (χ3v) is 3.10. The van der Waals surface area contributed by atoms with Crippen LogP contribution in [-0.2, 0) is 17.9 Å². The molecule has 0 atom stereocenters. The van der Waals surface area contributed by atoms with Crippen molar-refractivity contribution >= 4 is 23.2 Å². The summed E-state index contributed by atoms with van der Waals surface area (Å²) in [6.45, 7) is -0.0825. The van der Waals surface area contributed by atoms with E-state index in [0.29, 0.717) is 5.69 Å². The number of carbonyl (C=O) groups excluding carboxylic acids is 1. The second kappa shape index (κ2) is 5.53. The summed E-state index contributed by atoms with van der Waals surface area (Å²) in [6, 6.07) is 3.14. The second-order valence-electron chi connectivity index (χ2n) is 3.77. The molecule has 0 aromatic carbocycles. The van der Waals surface area contributed by atoms with Crippen LogP contribution in [0.4, 0.5) is 0 Å². The maximum absolute atomic E-state index is 11.9. The van der Waals surface area contributed by atoms with Crippen LogP contribution in [0.25, 0.3) is 0 Å². The molecule has 0 aliphatic rings. The first-order valence-electron chi connectivity index (χ1n) is 5.38. The topological polar surface area (TPSA) is 104 Å². The van der Waals surface area contributed by atoms with Gasteiger partial charge in [0.25, 0.3) is 5.91 Å². The number of hydrogen-bond acceptors (Lipinski definition) is 4. The van der Waals surface area contributed by atoms with Gasteiger partial charge >= 0.3 is 10.8 Å². The molecule has 2 rings (SSSR count). The first kappa shape index (κ1) is 13.1. The largest absolute Gasteiger partial charge is 0.480 e. The Hall–Kier alpha value is -2.35. The molecular formula is C11H11N3O4S. The lowest BCUT2D eigenvalue weighted by molar-refractivity contribution is -0.137. The summed E-state index contributed by atoms with van der Waals surface area (Å²) in [7, 11) is 0. The maximum Gasteiger partial charge on any atom is 0.323 e. The van der Waals surface area contributed by atoms with E-state index in [1.54, 1.807) is 11.4 Å². The van der Waals surface area contributed by atoms with Crippen LogP contribution < -0.4 is 10.2 Å². The summed E-state index contributed by atoms with van der Waals surface area (Å²) in [5, 5.41) is 12.9. The van der Waals surface area contributed by atoms with Crippen molar-refractivity contribution in [1.29, 1.82) is 0 Å². The molecule has 0 fully saturated rings. The van der Waals surface area contributed by atoms with Gasteiger partial charge in [-0.15, -0.1) is 0 Å². The maximum atomic E-state index is 11.9. The molecule has 1 amide bonds. The number of H-pyrrole nitrogens is 1. The quantitative estimate of drug-likeness (QED) is 0.730. The van der Waals surface area contributed by atoms with Crippen LogP contribution in [0.1, 0.15) is 16.2 Å². The number of carboxylic acids is 1. The van der Waals surface area contributed by atoms with Crippen LogP contribution in [0.5, 0.6) is 0 Å². The van der Waals surface area contributed by atoms with Gasteiger partial charge in [-0.1, -0.05) is 11.3 Å². The average Bonchev–Trinajstić information content (AvgIpc) is 2.94. The van der Waals surface area contributed by atoms with E-state index in [9.17, 15) is 14.4 Å². The molecule has 0 saturated heterocycles. The van der Waals surface area contributed by atoms with Crippen molar-refractivity contribution < 1.29 is 14.7 Å². The van der Waals surface area contributed by atoms with Crippen molar-refractivity contribution in [3.63, 3.8) is 0 Å². The van der Waals surface area contributed by atoms with Gasteiger partial charge in [-0.05, 0) is 12.1 Å². The molecule has 19 heavy (non-hydrogen) atoms. The zero-order chi connectivity index (χ0) is 13.8. The highest BCUT2D eigenvalue weighted by Crippen LogP contribution is 2.03.